The number of furan rings is 1. The number of nitrogens with one attached hydrogen (secondary N) is 2. The van der Waals surface area contributed by atoms with Crippen molar-refractivity contribution in [1.82, 2.24) is 25.2 Å². The number of nitrogens with zero attached hydrogens (tertiary/aromatic N) is 4. The van der Waals surface area contributed by atoms with Crippen LogP contribution in [-0.2, 0) is 16.4 Å². The maximum atomic E-state index is 11.3. The molecular formula is C27H29ClN6O6S. The first-order chi connectivity index (χ1) is 19.6. The molecule has 0 bridgehead atoms. The Morgan fingerprint density at radius 1 is 1.17 bits per heavy atom. The van der Waals surface area contributed by atoms with E-state index in [4.69, 9.17) is 25.9 Å². The largest absolute Gasteiger partial charge is 0.489 e. The number of halogens is 1. The molecule has 3 aromatic heterocycles. The predicted molar refractivity (Wildman–Crippen MR) is 154 cm³/mol. The van der Waals surface area contributed by atoms with Gasteiger partial charge >= 0.3 is 6.09 Å². The number of carboxylic acid groups (broad SMARTS) is 1. The summed E-state index contributed by atoms with van der Waals surface area (Å²) >= 11 is 6.53. The van der Waals surface area contributed by atoms with Gasteiger partial charge in [-0.1, -0.05) is 11.6 Å². The average Bonchev–Trinajstić information content (AvgIpc) is 3.41. The molecular weight excluding hydrogens is 572 g/mol. The maximum absolute atomic E-state index is 11.3. The Hall–Kier alpha value is -3.94. The molecule has 14 heteroatoms. The molecule has 1 aliphatic rings. The van der Waals surface area contributed by atoms with Crippen LogP contribution in [0.5, 0.6) is 5.75 Å². The van der Waals surface area contributed by atoms with Crippen molar-refractivity contribution < 1.29 is 27.5 Å². The summed E-state index contributed by atoms with van der Waals surface area (Å²) in [4.78, 5) is 25.7. The molecule has 0 saturated carbocycles. The molecule has 0 radical (unpaired) electrons. The summed E-state index contributed by atoms with van der Waals surface area (Å²) < 4.78 is 34.6. The number of aromatic nitrogens is 3. The van der Waals surface area contributed by atoms with Crippen LogP contribution in [-0.4, -0.2) is 77.2 Å². The van der Waals surface area contributed by atoms with E-state index < -0.39 is 15.9 Å². The summed E-state index contributed by atoms with van der Waals surface area (Å²) in [6.45, 7) is 1.58. The second-order valence-electron chi connectivity index (χ2n) is 9.74. The van der Waals surface area contributed by atoms with Gasteiger partial charge in [0, 0.05) is 49.8 Å². The molecule has 0 atom stereocenters. The van der Waals surface area contributed by atoms with Crippen molar-refractivity contribution in [2.75, 3.05) is 37.0 Å². The Morgan fingerprint density at radius 2 is 1.98 bits per heavy atom. The van der Waals surface area contributed by atoms with Crippen LogP contribution in [0.3, 0.4) is 0 Å². The number of ether oxygens (including phenoxy) is 1. The van der Waals surface area contributed by atoms with Crippen LogP contribution in [0.4, 0.5) is 16.3 Å². The van der Waals surface area contributed by atoms with Gasteiger partial charge in [-0.05, 0) is 36.4 Å². The number of sulfone groups is 1. The van der Waals surface area contributed by atoms with Gasteiger partial charge in [0.1, 0.15) is 45.3 Å². The number of rotatable bonds is 10. The lowest BCUT2D eigenvalue weighted by Crippen LogP contribution is -2.41. The number of anilines is 2. The van der Waals surface area contributed by atoms with Crippen molar-refractivity contribution in [2.24, 2.45) is 0 Å². The highest BCUT2D eigenvalue weighted by Crippen LogP contribution is 2.33. The van der Waals surface area contributed by atoms with Crippen molar-refractivity contribution in [3.05, 3.63) is 59.7 Å². The molecule has 0 unspecified atom stereocenters. The topological polar surface area (TPSA) is 160 Å². The predicted octanol–water partition coefficient (Wildman–Crippen LogP) is 4.34. The molecule has 0 aliphatic carbocycles. The minimum absolute atomic E-state index is 0.0531. The molecule has 1 fully saturated rings. The van der Waals surface area contributed by atoms with Crippen LogP contribution in [0.25, 0.3) is 22.4 Å². The van der Waals surface area contributed by atoms with Gasteiger partial charge in [-0.2, -0.15) is 0 Å². The summed E-state index contributed by atoms with van der Waals surface area (Å²) in [6.07, 6.45) is 4.47. The molecule has 1 aromatic carbocycles. The zero-order chi connectivity index (χ0) is 29.0. The molecule has 216 valence electrons. The van der Waals surface area contributed by atoms with Gasteiger partial charge in [-0.15, -0.1) is 0 Å². The number of hydrogen-bond acceptors (Lipinski definition) is 10. The molecule has 1 amide bonds. The molecule has 4 heterocycles. The van der Waals surface area contributed by atoms with E-state index in [9.17, 15) is 13.2 Å². The second kappa shape index (κ2) is 12.3. The minimum Gasteiger partial charge on any atom is -0.489 e. The van der Waals surface area contributed by atoms with E-state index in [1.807, 2.05) is 24.3 Å². The summed E-state index contributed by atoms with van der Waals surface area (Å²) in [5.74, 6) is 2.35. The Bertz CT molecular complexity index is 1660. The summed E-state index contributed by atoms with van der Waals surface area (Å²) in [6, 6.07) is 10.8. The van der Waals surface area contributed by atoms with Crippen LogP contribution < -0.4 is 15.4 Å². The fraction of sp³-hybridized carbons (Fsp3) is 0.333. The number of hydrogen-bond donors (Lipinski definition) is 3. The number of fused-ring (bicyclic) bond motifs is 1. The normalized spacial score (nSPS) is 14.3. The number of benzene rings is 1. The highest BCUT2D eigenvalue weighted by atomic mass is 35.5. The van der Waals surface area contributed by atoms with E-state index in [0.717, 1.165) is 5.39 Å². The second-order valence-corrected chi connectivity index (χ2v) is 12.4. The van der Waals surface area contributed by atoms with Gasteiger partial charge in [0.15, 0.2) is 5.76 Å². The molecule has 4 aromatic rings. The molecule has 12 nitrogen and oxygen atoms in total. The fourth-order valence-corrected chi connectivity index (χ4v) is 5.17. The van der Waals surface area contributed by atoms with Crippen LogP contribution in [0.2, 0.25) is 5.02 Å². The lowest BCUT2D eigenvalue weighted by Gasteiger charge is -2.30. The third-order valence-electron chi connectivity index (χ3n) is 6.59. The first-order valence-electron chi connectivity index (χ1n) is 12.9. The van der Waals surface area contributed by atoms with E-state index in [-0.39, 0.29) is 11.9 Å². The minimum atomic E-state index is -3.03. The standard InChI is InChI=1S/C27H29ClN6O6S/c1-41(37,38)11-8-29-14-19-3-5-25(40-19)22-13-20-23(15-30-22)31-16-32-26(20)33-17-2-4-24(21(28)12-17)39-18-6-9-34(10-7-18)27(35)36/h2-5,12-13,15-16,18,29H,6-11,14H2,1H3,(H,35,36)(H,31,32,33). The number of carbonyl (C=O) groups is 1. The summed E-state index contributed by atoms with van der Waals surface area (Å²) in [7, 11) is -3.03. The Morgan fingerprint density at radius 3 is 2.71 bits per heavy atom. The molecule has 41 heavy (non-hydrogen) atoms. The third kappa shape index (κ3) is 7.43. The van der Waals surface area contributed by atoms with Gasteiger partial charge in [0.05, 0.1) is 29.0 Å². The monoisotopic (exact) mass is 600 g/mol. The van der Waals surface area contributed by atoms with Crippen LogP contribution in [0.1, 0.15) is 18.6 Å². The number of pyridine rings is 1. The quantitative estimate of drug-likeness (QED) is 0.222. The van der Waals surface area contributed by atoms with Crippen molar-refractivity contribution in [1.29, 1.82) is 0 Å². The van der Waals surface area contributed by atoms with Crippen molar-refractivity contribution in [3.63, 3.8) is 0 Å². The van der Waals surface area contributed by atoms with Gasteiger partial charge in [0.2, 0.25) is 0 Å². The molecule has 5 rings (SSSR count). The first-order valence-corrected chi connectivity index (χ1v) is 15.4. The Balaban J connectivity index is 1.27. The lowest BCUT2D eigenvalue weighted by atomic mass is 10.1. The molecule has 1 saturated heterocycles. The summed E-state index contributed by atoms with van der Waals surface area (Å²) in [5.41, 5.74) is 1.93. The van der Waals surface area contributed by atoms with Gasteiger partial charge in [-0.25, -0.2) is 23.2 Å². The maximum Gasteiger partial charge on any atom is 0.407 e. The summed E-state index contributed by atoms with van der Waals surface area (Å²) in [5, 5.41) is 16.6. The van der Waals surface area contributed by atoms with Gasteiger partial charge in [0.25, 0.3) is 0 Å². The third-order valence-corrected chi connectivity index (χ3v) is 7.83. The Labute approximate surface area is 241 Å². The number of likely N-dealkylation sites (tertiary alicyclic amines) is 1. The lowest BCUT2D eigenvalue weighted by molar-refractivity contribution is 0.0895. The zero-order valence-electron chi connectivity index (χ0n) is 22.2. The van der Waals surface area contributed by atoms with Crippen LogP contribution >= 0.6 is 11.6 Å². The van der Waals surface area contributed by atoms with E-state index >= 15 is 0 Å². The number of amides is 1. The SMILES string of the molecule is CS(=O)(=O)CCNCc1ccc(-c2cc3c(Nc4ccc(OC5CCN(C(=O)O)CC5)c(Cl)c4)ncnc3cn2)o1. The van der Waals surface area contributed by atoms with E-state index in [1.54, 1.807) is 18.3 Å². The average molecular weight is 601 g/mol. The highest BCUT2D eigenvalue weighted by Gasteiger charge is 2.24. The molecule has 3 N–H and O–H groups in total. The zero-order valence-corrected chi connectivity index (χ0v) is 23.8. The number of piperidine rings is 1. The van der Waals surface area contributed by atoms with Gasteiger partial charge < -0.3 is 29.8 Å². The van der Waals surface area contributed by atoms with E-state index in [1.165, 1.54) is 17.5 Å². The van der Waals surface area contributed by atoms with Gasteiger partial charge in [-0.3, -0.25) is 4.98 Å². The van der Waals surface area contributed by atoms with Crippen molar-refractivity contribution >= 4 is 49.9 Å². The van der Waals surface area contributed by atoms with Crippen molar-refractivity contribution in [2.45, 2.75) is 25.5 Å². The molecule has 1 aliphatic heterocycles. The smallest absolute Gasteiger partial charge is 0.407 e. The van der Waals surface area contributed by atoms with Crippen LogP contribution in [0.15, 0.2) is 53.3 Å². The van der Waals surface area contributed by atoms with E-state index in [0.29, 0.717) is 84.0 Å². The Kier molecular flexibility index (Phi) is 8.57. The van der Waals surface area contributed by atoms with Crippen LogP contribution in [0, 0.1) is 0 Å². The fourth-order valence-electron chi connectivity index (χ4n) is 4.43. The highest BCUT2D eigenvalue weighted by molar-refractivity contribution is 7.90. The van der Waals surface area contributed by atoms with E-state index in [2.05, 4.69) is 25.6 Å². The first kappa shape index (κ1) is 28.6. The molecule has 0 spiro atoms. The van der Waals surface area contributed by atoms with Crippen molar-refractivity contribution in [3.8, 4) is 17.2 Å².